The maximum Gasteiger partial charge on any atom is 0.196 e. The van der Waals surface area contributed by atoms with Gasteiger partial charge in [-0.05, 0) is 54.8 Å². The summed E-state index contributed by atoms with van der Waals surface area (Å²) in [6, 6.07) is 8.88. The fourth-order valence-corrected chi connectivity index (χ4v) is 2.82. The third kappa shape index (κ3) is 2.80. The van der Waals surface area contributed by atoms with Crippen LogP contribution < -0.4 is 9.47 Å². The molecule has 3 rings (SSSR count). The van der Waals surface area contributed by atoms with Gasteiger partial charge in [-0.25, -0.2) is 0 Å². The second-order valence-electron chi connectivity index (χ2n) is 5.67. The molecule has 0 saturated carbocycles. The second kappa shape index (κ2) is 5.80. The molecule has 0 radical (unpaired) electrons. The highest BCUT2D eigenvalue weighted by Crippen LogP contribution is 2.33. The van der Waals surface area contributed by atoms with Crippen LogP contribution in [0.15, 0.2) is 35.9 Å². The van der Waals surface area contributed by atoms with Gasteiger partial charge in [0, 0.05) is 5.57 Å². The standard InChI is InChI=1S/C19H18O4/c1-11-6-12(2)18-17(7-11)23-10-14(19(18)21)8-13-4-5-16(22-3)15(20)9-13/h4-9,20H,10H2,1-3H3/b14-8+. The van der Waals surface area contributed by atoms with Gasteiger partial charge in [-0.2, -0.15) is 0 Å². The molecule has 0 atom stereocenters. The summed E-state index contributed by atoms with van der Waals surface area (Å²) in [5.74, 6) is 1.05. The average molecular weight is 310 g/mol. The Bertz CT molecular complexity index is 818. The summed E-state index contributed by atoms with van der Waals surface area (Å²) in [5, 5.41) is 9.85. The number of Topliss-reactive ketones (excluding diaryl/α,β-unsaturated/α-hetero) is 1. The molecule has 1 N–H and O–H groups in total. The van der Waals surface area contributed by atoms with Crippen molar-refractivity contribution in [2.75, 3.05) is 13.7 Å². The smallest absolute Gasteiger partial charge is 0.196 e. The van der Waals surface area contributed by atoms with E-state index in [0.717, 1.165) is 16.7 Å². The maximum absolute atomic E-state index is 12.7. The summed E-state index contributed by atoms with van der Waals surface area (Å²) < 4.78 is 10.8. The Labute approximate surface area is 135 Å². The van der Waals surface area contributed by atoms with Gasteiger partial charge in [0.15, 0.2) is 17.3 Å². The first kappa shape index (κ1) is 15.2. The number of carbonyl (C=O) groups is 1. The van der Waals surface area contributed by atoms with E-state index < -0.39 is 0 Å². The number of hydrogen-bond donors (Lipinski definition) is 1. The topological polar surface area (TPSA) is 55.8 Å². The molecule has 0 bridgehead atoms. The zero-order valence-corrected chi connectivity index (χ0v) is 13.3. The Hall–Kier alpha value is -2.75. The first-order valence-corrected chi connectivity index (χ1v) is 7.36. The van der Waals surface area contributed by atoms with E-state index in [9.17, 15) is 9.90 Å². The Morgan fingerprint density at radius 2 is 2.00 bits per heavy atom. The third-order valence-corrected chi connectivity index (χ3v) is 3.89. The highest BCUT2D eigenvalue weighted by Gasteiger charge is 2.25. The lowest BCUT2D eigenvalue weighted by molar-refractivity contribution is 0.1000. The summed E-state index contributed by atoms with van der Waals surface area (Å²) in [6.07, 6.45) is 1.74. The number of benzene rings is 2. The van der Waals surface area contributed by atoms with Gasteiger partial charge in [-0.15, -0.1) is 0 Å². The van der Waals surface area contributed by atoms with Crippen LogP contribution in [0.1, 0.15) is 27.0 Å². The summed E-state index contributed by atoms with van der Waals surface area (Å²) in [4.78, 5) is 12.7. The van der Waals surface area contributed by atoms with Gasteiger partial charge in [0.1, 0.15) is 12.4 Å². The SMILES string of the molecule is COc1ccc(/C=C2\COc3cc(C)cc(C)c3C2=O)cc1O. The number of fused-ring (bicyclic) bond motifs is 1. The number of methoxy groups -OCH3 is 1. The number of carbonyl (C=O) groups excluding carboxylic acids is 1. The molecule has 0 aromatic heterocycles. The van der Waals surface area contributed by atoms with Crippen LogP contribution in [0.3, 0.4) is 0 Å². The van der Waals surface area contributed by atoms with Crippen molar-refractivity contribution in [2.24, 2.45) is 0 Å². The van der Waals surface area contributed by atoms with E-state index in [0.29, 0.717) is 22.6 Å². The zero-order chi connectivity index (χ0) is 16.6. The molecule has 2 aromatic carbocycles. The molecule has 0 saturated heterocycles. The van der Waals surface area contributed by atoms with Gasteiger partial charge >= 0.3 is 0 Å². The molecule has 0 fully saturated rings. The maximum atomic E-state index is 12.7. The molecular weight excluding hydrogens is 292 g/mol. The van der Waals surface area contributed by atoms with Gasteiger partial charge in [0.05, 0.1) is 12.7 Å². The van der Waals surface area contributed by atoms with Crippen molar-refractivity contribution < 1.29 is 19.4 Å². The van der Waals surface area contributed by atoms with Gasteiger partial charge in [-0.3, -0.25) is 4.79 Å². The molecule has 2 aromatic rings. The number of aromatic hydroxyl groups is 1. The molecule has 0 amide bonds. The van der Waals surface area contributed by atoms with E-state index in [1.54, 1.807) is 24.3 Å². The molecule has 0 unspecified atom stereocenters. The van der Waals surface area contributed by atoms with E-state index in [2.05, 4.69) is 0 Å². The van der Waals surface area contributed by atoms with E-state index in [1.807, 2.05) is 26.0 Å². The number of hydrogen-bond acceptors (Lipinski definition) is 4. The number of ketones is 1. The molecule has 0 spiro atoms. The van der Waals surface area contributed by atoms with Crippen LogP contribution in [-0.4, -0.2) is 24.6 Å². The number of ether oxygens (including phenoxy) is 2. The van der Waals surface area contributed by atoms with Crippen LogP contribution in [0.5, 0.6) is 17.2 Å². The quantitative estimate of drug-likeness (QED) is 0.860. The third-order valence-electron chi connectivity index (χ3n) is 3.89. The first-order valence-electron chi connectivity index (χ1n) is 7.36. The Kier molecular flexibility index (Phi) is 3.82. The predicted octanol–water partition coefficient (Wildman–Crippen LogP) is 3.68. The van der Waals surface area contributed by atoms with E-state index in [1.165, 1.54) is 7.11 Å². The van der Waals surface area contributed by atoms with Gasteiger partial charge in [-0.1, -0.05) is 12.1 Å². The van der Waals surface area contributed by atoms with Crippen molar-refractivity contribution in [2.45, 2.75) is 13.8 Å². The largest absolute Gasteiger partial charge is 0.504 e. The van der Waals surface area contributed by atoms with Gasteiger partial charge in [0.25, 0.3) is 0 Å². The minimum atomic E-state index is -0.0287. The minimum Gasteiger partial charge on any atom is -0.504 e. The highest BCUT2D eigenvalue weighted by atomic mass is 16.5. The fourth-order valence-electron chi connectivity index (χ4n) is 2.82. The normalized spacial score (nSPS) is 15.3. The van der Waals surface area contributed by atoms with Crippen molar-refractivity contribution in [3.05, 3.63) is 58.2 Å². The van der Waals surface area contributed by atoms with Crippen molar-refractivity contribution >= 4 is 11.9 Å². The van der Waals surface area contributed by atoms with Crippen molar-refractivity contribution in [1.29, 1.82) is 0 Å². The molecule has 118 valence electrons. The van der Waals surface area contributed by atoms with Crippen LogP contribution >= 0.6 is 0 Å². The summed E-state index contributed by atoms with van der Waals surface area (Å²) >= 11 is 0. The predicted molar refractivity (Wildman–Crippen MR) is 88.4 cm³/mol. The lowest BCUT2D eigenvalue weighted by atomic mass is 9.93. The van der Waals surface area contributed by atoms with Gasteiger partial charge < -0.3 is 14.6 Å². The van der Waals surface area contributed by atoms with Crippen LogP contribution in [-0.2, 0) is 0 Å². The van der Waals surface area contributed by atoms with Gasteiger partial charge in [0.2, 0.25) is 0 Å². The summed E-state index contributed by atoms with van der Waals surface area (Å²) in [6.45, 7) is 4.11. The summed E-state index contributed by atoms with van der Waals surface area (Å²) in [5.41, 5.74) is 3.89. The molecular formula is C19H18O4. The van der Waals surface area contributed by atoms with Crippen LogP contribution in [0.25, 0.3) is 6.08 Å². The molecule has 1 heterocycles. The molecule has 4 nitrogen and oxygen atoms in total. The average Bonchev–Trinajstić information content (AvgIpc) is 2.49. The number of aryl methyl sites for hydroxylation is 2. The zero-order valence-electron chi connectivity index (χ0n) is 13.3. The van der Waals surface area contributed by atoms with Crippen molar-refractivity contribution in [1.82, 2.24) is 0 Å². The fraction of sp³-hybridized carbons (Fsp3) is 0.211. The van der Waals surface area contributed by atoms with Crippen molar-refractivity contribution in [3.8, 4) is 17.2 Å². The number of phenolic OH excluding ortho intramolecular Hbond substituents is 1. The minimum absolute atomic E-state index is 0.0287. The first-order chi connectivity index (χ1) is 11.0. The van der Waals surface area contributed by atoms with Crippen molar-refractivity contribution in [3.63, 3.8) is 0 Å². The molecule has 0 aliphatic carbocycles. The van der Waals surface area contributed by atoms with E-state index >= 15 is 0 Å². The molecule has 4 heteroatoms. The number of rotatable bonds is 2. The lowest BCUT2D eigenvalue weighted by Gasteiger charge is -2.21. The van der Waals surface area contributed by atoms with E-state index in [-0.39, 0.29) is 18.1 Å². The molecule has 23 heavy (non-hydrogen) atoms. The summed E-state index contributed by atoms with van der Waals surface area (Å²) in [7, 11) is 1.49. The lowest BCUT2D eigenvalue weighted by Crippen LogP contribution is -2.20. The highest BCUT2D eigenvalue weighted by molar-refractivity contribution is 6.14. The van der Waals surface area contributed by atoms with Crippen LogP contribution in [0, 0.1) is 13.8 Å². The Balaban J connectivity index is 1.99. The Morgan fingerprint density at radius 3 is 2.70 bits per heavy atom. The monoisotopic (exact) mass is 310 g/mol. The number of phenols is 1. The Morgan fingerprint density at radius 1 is 1.22 bits per heavy atom. The molecule has 1 aliphatic rings. The second-order valence-corrected chi connectivity index (χ2v) is 5.67. The van der Waals surface area contributed by atoms with E-state index in [4.69, 9.17) is 9.47 Å². The van der Waals surface area contributed by atoms with Crippen LogP contribution in [0.4, 0.5) is 0 Å². The molecule has 1 aliphatic heterocycles. The van der Waals surface area contributed by atoms with Crippen LogP contribution in [0.2, 0.25) is 0 Å².